The fourth-order valence-electron chi connectivity index (χ4n) is 2.82. The lowest BCUT2D eigenvalue weighted by Gasteiger charge is -2.09. The van der Waals surface area contributed by atoms with Gasteiger partial charge in [-0.25, -0.2) is 4.98 Å². The summed E-state index contributed by atoms with van der Waals surface area (Å²) in [5.74, 6) is 0.313. The molecule has 0 radical (unpaired) electrons. The van der Waals surface area contributed by atoms with Gasteiger partial charge >= 0.3 is 0 Å². The van der Waals surface area contributed by atoms with Crippen molar-refractivity contribution >= 4 is 21.8 Å². The molecule has 0 aliphatic rings. The number of nitrogens with one attached hydrogen (secondary N) is 2. The van der Waals surface area contributed by atoms with E-state index in [1.807, 2.05) is 6.20 Å². The molecule has 0 bridgehead atoms. The number of imidazole rings is 1. The molecule has 0 fully saturated rings. The Labute approximate surface area is 116 Å². The fraction of sp³-hybridized carbons (Fsp3) is 0.118. The highest BCUT2D eigenvalue weighted by atomic mass is 14.9. The Kier molecular flexibility index (Phi) is 2.39. The lowest BCUT2D eigenvalue weighted by Crippen LogP contribution is -1.95. The third-order valence-electron chi connectivity index (χ3n) is 4.02. The lowest BCUT2D eigenvalue weighted by atomic mass is 9.97. The zero-order valence-electron chi connectivity index (χ0n) is 11.2. The van der Waals surface area contributed by atoms with E-state index >= 15 is 0 Å². The van der Waals surface area contributed by atoms with Gasteiger partial charge in [0, 0.05) is 39.6 Å². The number of rotatable bonds is 2. The number of hydrogen-bond donors (Lipinski definition) is 2. The summed E-state index contributed by atoms with van der Waals surface area (Å²) in [7, 11) is 0. The van der Waals surface area contributed by atoms with Crippen molar-refractivity contribution in [1.29, 1.82) is 0 Å². The highest BCUT2D eigenvalue weighted by Crippen LogP contribution is 2.29. The molecule has 2 aromatic carbocycles. The average Bonchev–Trinajstić information content (AvgIpc) is 3.13. The van der Waals surface area contributed by atoms with Crippen LogP contribution in [0.25, 0.3) is 21.8 Å². The van der Waals surface area contributed by atoms with Crippen LogP contribution in [-0.4, -0.2) is 15.0 Å². The Morgan fingerprint density at radius 3 is 2.70 bits per heavy atom. The molecule has 0 saturated heterocycles. The molecule has 0 saturated carbocycles. The average molecular weight is 261 g/mol. The molecule has 4 rings (SSSR count). The standard InChI is InChI=1S/C17H15N3/c1-11(17-9-18-10-19-17)12-6-7-14-13-4-2-3-5-15(13)20-16(14)8-12/h2-11,20H,1H3,(H,18,19). The molecule has 3 nitrogen and oxygen atoms in total. The van der Waals surface area contributed by atoms with Crippen LogP contribution in [-0.2, 0) is 0 Å². The van der Waals surface area contributed by atoms with Crippen molar-refractivity contribution in [2.45, 2.75) is 12.8 Å². The van der Waals surface area contributed by atoms with Crippen LogP contribution in [0, 0.1) is 0 Å². The Bertz CT molecular complexity index is 872. The van der Waals surface area contributed by atoms with Crippen molar-refractivity contribution in [2.24, 2.45) is 0 Å². The molecule has 2 N–H and O–H groups in total. The van der Waals surface area contributed by atoms with Gasteiger partial charge in [0.25, 0.3) is 0 Å². The minimum absolute atomic E-state index is 0.313. The van der Waals surface area contributed by atoms with Crippen molar-refractivity contribution in [3.63, 3.8) is 0 Å². The van der Waals surface area contributed by atoms with Crippen LogP contribution in [0.5, 0.6) is 0 Å². The number of H-pyrrole nitrogens is 2. The minimum atomic E-state index is 0.313. The Morgan fingerprint density at radius 2 is 1.85 bits per heavy atom. The smallest absolute Gasteiger partial charge is 0.0921 e. The molecule has 2 aromatic heterocycles. The number of hydrogen-bond acceptors (Lipinski definition) is 1. The van der Waals surface area contributed by atoms with Gasteiger partial charge in [0.15, 0.2) is 0 Å². The summed E-state index contributed by atoms with van der Waals surface area (Å²) in [6.45, 7) is 2.19. The van der Waals surface area contributed by atoms with E-state index in [9.17, 15) is 0 Å². The molecule has 3 heteroatoms. The van der Waals surface area contributed by atoms with Gasteiger partial charge in [-0.05, 0) is 17.7 Å². The summed E-state index contributed by atoms with van der Waals surface area (Å²) in [6.07, 6.45) is 3.62. The number of aromatic amines is 2. The normalized spacial score (nSPS) is 13.1. The first-order valence-electron chi connectivity index (χ1n) is 6.81. The van der Waals surface area contributed by atoms with Crippen molar-refractivity contribution in [3.8, 4) is 0 Å². The van der Waals surface area contributed by atoms with Crippen LogP contribution >= 0.6 is 0 Å². The van der Waals surface area contributed by atoms with Crippen molar-refractivity contribution in [3.05, 3.63) is 66.2 Å². The van der Waals surface area contributed by atoms with Gasteiger partial charge in [0.2, 0.25) is 0 Å². The summed E-state index contributed by atoms with van der Waals surface area (Å²) < 4.78 is 0. The van der Waals surface area contributed by atoms with Crippen molar-refractivity contribution in [1.82, 2.24) is 15.0 Å². The maximum Gasteiger partial charge on any atom is 0.0921 e. The summed E-state index contributed by atoms with van der Waals surface area (Å²) >= 11 is 0. The van der Waals surface area contributed by atoms with E-state index in [0.29, 0.717) is 5.92 Å². The molecule has 0 aliphatic heterocycles. The van der Waals surface area contributed by atoms with Crippen molar-refractivity contribution < 1.29 is 0 Å². The molecule has 0 amide bonds. The Morgan fingerprint density at radius 1 is 1.00 bits per heavy atom. The van der Waals surface area contributed by atoms with Crippen LogP contribution < -0.4 is 0 Å². The SMILES string of the molecule is CC(c1ccc2c(c1)[nH]c1ccccc12)c1cnc[nH]1. The Hall–Kier alpha value is -2.55. The molecule has 1 unspecified atom stereocenters. The van der Waals surface area contributed by atoms with Gasteiger partial charge in [-0.3, -0.25) is 0 Å². The monoisotopic (exact) mass is 261 g/mol. The van der Waals surface area contributed by atoms with E-state index in [-0.39, 0.29) is 0 Å². The minimum Gasteiger partial charge on any atom is -0.355 e. The molecule has 98 valence electrons. The highest BCUT2D eigenvalue weighted by molar-refractivity contribution is 6.07. The zero-order chi connectivity index (χ0) is 13.5. The number of para-hydroxylation sites is 1. The second-order valence-corrected chi connectivity index (χ2v) is 5.20. The molecular formula is C17H15N3. The summed E-state index contributed by atoms with van der Waals surface area (Å²) in [5.41, 5.74) is 4.80. The summed E-state index contributed by atoms with van der Waals surface area (Å²) in [5, 5.41) is 2.56. The van der Waals surface area contributed by atoms with Gasteiger partial charge in [-0.1, -0.05) is 37.3 Å². The predicted octanol–water partition coefficient (Wildman–Crippen LogP) is 4.20. The number of nitrogens with zero attached hydrogens (tertiary/aromatic N) is 1. The third-order valence-corrected chi connectivity index (χ3v) is 4.02. The number of benzene rings is 2. The maximum atomic E-state index is 4.10. The van der Waals surface area contributed by atoms with Crippen LogP contribution in [0.3, 0.4) is 0 Å². The molecule has 4 aromatic rings. The number of aromatic nitrogens is 3. The quantitative estimate of drug-likeness (QED) is 0.558. The molecule has 20 heavy (non-hydrogen) atoms. The first-order chi connectivity index (χ1) is 9.83. The van der Waals surface area contributed by atoms with E-state index in [1.165, 1.54) is 27.4 Å². The van der Waals surface area contributed by atoms with Crippen LogP contribution in [0.1, 0.15) is 24.1 Å². The second-order valence-electron chi connectivity index (χ2n) is 5.20. The number of fused-ring (bicyclic) bond motifs is 3. The molecule has 1 atom stereocenters. The largest absolute Gasteiger partial charge is 0.355 e. The topological polar surface area (TPSA) is 44.5 Å². The predicted molar refractivity (Wildman–Crippen MR) is 81.9 cm³/mol. The van der Waals surface area contributed by atoms with Gasteiger partial charge in [0.05, 0.1) is 6.33 Å². The maximum absolute atomic E-state index is 4.10. The van der Waals surface area contributed by atoms with E-state index in [2.05, 4.69) is 64.3 Å². The van der Waals surface area contributed by atoms with Crippen LogP contribution in [0.2, 0.25) is 0 Å². The molecule has 2 heterocycles. The molecular weight excluding hydrogens is 246 g/mol. The first-order valence-corrected chi connectivity index (χ1v) is 6.81. The second kappa shape index (κ2) is 4.23. The lowest BCUT2D eigenvalue weighted by molar-refractivity contribution is 0.885. The van der Waals surface area contributed by atoms with Crippen LogP contribution in [0.4, 0.5) is 0 Å². The molecule has 0 spiro atoms. The van der Waals surface area contributed by atoms with Crippen molar-refractivity contribution in [2.75, 3.05) is 0 Å². The Balaban J connectivity index is 1.88. The van der Waals surface area contributed by atoms with Gasteiger partial charge in [-0.2, -0.15) is 0 Å². The zero-order valence-corrected chi connectivity index (χ0v) is 11.2. The summed E-state index contributed by atoms with van der Waals surface area (Å²) in [6, 6.07) is 15.1. The van der Waals surface area contributed by atoms with Gasteiger partial charge in [-0.15, -0.1) is 0 Å². The highest BCUT2D eigenvalue weighted by Gasteiger charge is 2.11. The molecule has 0 aliphatic carbocycles. The van der Waals surface area contributed by atoms with Crippen LogP contribution in [0.15, 0.2) is 55.0 Å². The van der Waals surface area contributed by atoms with E-state index in [0.717, 1.165) is 5.69 Å². The fourth-order valence-corrected chi connectivity index (χ4v) is 2.82. The summed E-state index contributed by atoms with van der Waals surface area (Å²) in [4.78, 5) is 10.8. The third kappa shape index (κ3) is 1.63. The van der Waals surface area contributed by atoms with Gasteiger partial charge < -0.3 is 9.97 Å². The van der Waals surface area contributed by atoms with E-state index < -0.39 is 0 Å². The van der Waals surface area contributed by atoms with E-state index in [1.54, 1.807) is 6.33 Å². The first kappa shape index (κ1) is 11.3. The van der Waals surface area contributed by atoms with Gasteiger partial charge in [0.1, 0.15) is 0 Å². The van der Waals surface area contributed by atoms with E-state index in [4.69, 9.17) is 0 Å².